The Labute approximate surface area is 428 Å². The highest BCUT2D eigenvalue weighted by Crippen LogP contribution is 2.57. The third kappa shape index (κ3) is 11.6. The van der Waals surface area contributed by atoms with Crippen LogP contribution in [0.2, 0.25) is 22.2 Å². The molecular weight excluding hydrogens is 1050 g/mol. The van der Waals surface area contributed by atoms with Crippen molar-refractivity contribution in [3.8, 4) is 6.07 Å². The number of ether oxygens (including phenoxy) is 2. The number of nitrogens with one attached hydrogen (secondary N) is 2. The van der Waals surface area contributed by atoms with Crippen molar-refractivity contribution in [3.05, 3.63) is 72.7 Å². The standard InChI is InChI=1S/C44H59F2N9O13P2SSi2/c1-24(2)72(60,25(3)4)68-73(26(5)6,27(7)8)67-37-31(19-56)63-44(54-18-30(45)33-28(9)48-21-50-40(33)54)38(37)66-70(71,61-17-13-16-47)62-20-32-36(65-69(58)59)34(46)43(64-32)55-23-52-35-39(49-22-51-41(35)55)53-42(57)29-14-11-10-12-15-29/h10-12,14-15,18,21-27,31-32,34,36-38,43-44,56,60H,9,13,17,19-20H2,1-8H3,(H2-,48,49,50,51,53,57,58,59)/p+1/t31-,32-,34-,36-,37-,38-,43-,44-,70?/m1/s1. The fraction of sp³-hybridized carbons (Fsp3) is 0.545. The van der Waals surface area contributed by atoms with E-state index in [1.807, 2.05) is 61.5 Å². The number of carbonyl (C=O) groups is 1. The predicted molar refractivity (Wildman–Crippen MR) is 270 cm³/mol. The minimum Gasteiger partial charge on any atom is -0.414 e. The maximum Gasteiger partial charge on any atom is 0.695 e. The van der Waals surface area contributed by atoms with Gasteiger partial charge in [0.25, 0.3) is 5.91 Å². The molecule has 0 bridgehead atoms. The van der Waals surface area contributed by atoms with Crippen LogP contribution in [0.4, 0.5) is 20.4 Å². The zero-order valence-electron chi connectivity index (χ0n) is 41.3. The summed E-state index contributed by atoms with van der Waals surface area (Å²) in [4.78, 5) is 52.5. The van der Waals surface area contributed by atoms with Crippen molar-refractivity contribution in [1.29, 1.82) is 5.26 Å². The molecule has 0 spiro atoms. The molecule has 0 radical (unpaired) electrons. The van der Waals surface area contributed by atoms with Gasteiger partial charge in [0.2, 0.25) is 0 Å². The number of carbonyl (C=O) groups excluding carboxylic acids is 1. The highest BCUT2D eigenvalue weighted by atomic mass is 32.5. The Morgan fingerprint density at radius 1 is 1.01 bits per heavy atom. The first kappa shape index (κ1) is 56.5. The molecule has 7 rings (SSSR count). The predicted octanol–water partition coefficient (Wildman–Crippen LogP) is 7.59. The van der Waals surface area contributed by atoms with Crippen molar-refractivity contribution in [1.82, 2.24) is 29.4 Å². The van der Waals surface area contributed by atoms with E-state index < -0.39 is 106 Å². The first-order valence-electron chi connectivity index (χ1n) is 23.5. The molecule has 396 valence electrons. The number of aliphatic hydroxyl groups is 1. The number of fused-ring (bicyclic) bond motifs is 2. The van der Waals surface area contributed by atoms with Crippen molar-refractivity contribution in [2.75, 3.05) is 25.1 Å². The van der Waals surface area contributed by atoms with Gasteiger partial charge in [0.1, 0.15) is 36.6 Å². The average Bonchev–Trinajstić information content (AvgIpc) is 4.10. The van der Waals surface area contributed by atoms with E-state index in [2.05, 4.69) is 37.2 Å². The molecule has 0 aliphatic carbocycles. The van der Waals surface area contributed by atoms with Gasteiger partial charge >= 0.3 is 32.1 Å². The number of aliphatic hydroxyl groups excluding tert-OH is 1. The second kappa shape index (κ2) is 23.4. The van der Waals surface area contributed by atoms with Gasteiger partial charge in [-0.25, -0.2) is 28.7 Å². The molecule has 0 saturated carbocycles. The summed E-state index contributed by atoms with van der Waals surface area (Å²) in [6.45, 7) is 13.0. The molecule has 2 unspecified atom stereocenters. The topological polar surface area (TPSA) is 277 Å². The van der Waals surface area contributed by atoms with Gasteiger partial charge in [-0.3, -0.25) is 13.9 Å². The zero-order valence-corrected chi connectivity index (χ0v) is 45.9. The first-order valence-corrected chi connectivity index (χ1v) is 31.1. The van der Waals surface area contributed by atoms with Crippen molar-refractivity contribution in [3.63, 3.8) is 0 Å². The average molecular weight is 1110 g/mol. The Morgan fingerprint density at radius 3 is 2.33 bits per heavy atom. The maximum absolute atomic E-state index is 16.8. The molecule has 73 heavy (non-hydrogen) atoms. The van der Waals surface area contributed by atoms with E-state index in [1.165, 1.54) is 21.8 Å². The molecule has 2 saturated heterocycles. The number of nitrogens with zero attached hydrogens (tertiary/aromatic N) is 7. The number of benzene rings is 1. The molecular formula is C44H60F2N9O13P2SSi2+. The number of aromatic nitrogens is 5. The second-order valence-electron chi connectivity index (χ2n) is 18.7. The largest absolute Gasteiger partial charge is 0.695 e. The Bertz CT molecular complexity index is 2760. The SMILES string of the molecule is C=C1NC=Nc2c1c(F)cn2[C@@H]1O[C@H](CO)[C@@H](O[Si](O[Si](O)(C(C)C)C(C)C)(C(C)C)C(C)C)[C@H]1OP(=S)(OCCC#N)OC[C@H]1O[C@@H](n2cnc3c(NC(=O)c4ccccc4)ncnc32)[C@H](F)[C@@H]1O[P+](=O)O. The molecule has 3 aromatic heterocycles. The number of anilines is 1. The molecule has 4 aromatic rings. The minimum atomic E-state index is -4.32. The lowest BCUT2D eigenvalue weighted by atomic mass is 10.1. The Balaban J connectivity index is 1.26. The summed E-state index contributed by atoms with van der Waals surface area (Å²) in [5.41, 5.74) is -0.595. The normalized spacial score (nSPS) is 24.4. The van der Waals surface area contributed by atoms with Gasteiger partial charge in [0, 0.05) is 22.0 Å². The molecule has 2 fully saturated rings. The lowest BCUT2D eigenvalue weighted by Crippen LogP contribution is -2.62. The Morgan fingerprint density at radius 2 is 1.70 bits per heavy atom. The van der Waals surface area contributed by atoms with Crippen LogP contribution in [0, 0.1) is 17.1 Å². The summed E-state index contributed by atoms with van der Waals surface area (Å²) in [6.07, 6.45) is -8.00. The molecule has 3 aliphatic heterocycles. The van der Waals surface area contributed by atoms with Crippen LogP contribution in [-0.2, 0) is 52.5 Å². The smallest absolute Gasteiger partial charge is 0.414 e. The summed E-state index contributed by atoms with van der Waals surface area (Å²) in [5.74, 6) is -1.16. The van der Waals surface area contributed by atoms with Gasteiger partial charge < -0.3 is 52.2 Å². The number of imidazole rings is 1. The van der Waals surface area contributed by atoms with E-state index in [-0.39, 0.29) is 69.3 Å². The van der Waals surface area contributed by atoms with E-state index in [0.29, 0.717) is 5.56 Å². The van der Waals surface area contributed by atoms with E-state index in [4.69, 9.17) is 47.9 Å². The van der Waals surface area contributed by atoms with Crippen molar-refractivity contribution in [2.24, 2.45) is 4.99 Å². The number of hydrogen-bond donors (Lipinski definition) is 5. The number of amides is 1. The van der Waals surface area contributed by atoms with Gasteiger partial charge in [-0.15, -0.1) is 9.42 Å². The minimum absolute atomic E-state index is 0.00632. The van der Waals surface area contributed by atoms with Crippen molar-refractivity contribution in [2.45, 2.75) is 133 Å². The van der Waals surface area contributed by atoms with Crippen LogP contribution >= 0.6 is 15.0 Å². The molecule has 6 heterocycles. The summed E-state index contributed by atoms with van der Waals surface area (Å²) >= 11 is 6.08. The van der Waals surface area contributed by atoms with E-state index in [0.717, 1.165) is 12.5 Å². The fourth-order valence-electron chi connectivity index (χ4n) is 9.03. The number of halogens is 2. The molecule has 1 amide bonds. The van der Waals surface area contributed by atoms with Gasteiger partial charge in [-0.2, -0.15) is 5.26 Å². The summed E-state index contributed by atoms with van der Waals surface area (Å²) in [6, 6.07) is 10.3. The summed E-state index contributed by atoms with van der Waals surface area (Å²) in [5, 5.41) is 26.1. The lowest BCUT2D eigenvalue weighted by Gasteiger charge is -2.47. The van der Waals surface area contributed by atoms with Gasteiger partial charge in [-0.05, 0) is 46.1 Å². The van der Waals surface area contributed by atoms with Crippen LogP contribution in [0.1, 0.15) is 90.2 Å². The van der Waals surface area contributed by atoms with Crippen LogP contribution in [0.3, 0.4) is 0 Å². The van der Waals surface area contributed by atoms with E-state index in [1.54, 1.807) is 30.3 Å². The van der Waals surface area contributed by atoms with Crippen LogP contribution in [0.5, 0.6) is 0 Å². The number of rotatable bonds is 23. The molecule has 29 heteroatoms. The second-order valence-corrected chi connectivity index (χ2v) is 31.0. The molecule has 3 aliphatic rings. The van der Waals surface area contributed by atoms with E-state index >= 15 is 8.78 Å². The monoisotopic (exact) mass is 1110 g/mol. The van der Waals surface area contributed by atoms with Gasteiger partial charge in [-0.1, -0.05) is 80.2 Å². The number of aliphatic imine (C=N–C) groups is 1. The maximum atomic E-state index is 16.8. The summed E-state index contributed by atoms with van der Waals surface area (Å²) in [7, 11) is -10.7. The zero-order chi connectivity index (χ0) is 53.2. The van der Waals surface area contributed by atoms with Crippen LogP contribution in [-0.4, -0.2) is 125 Å². The molecule has 5 N–H and O–H groups in total. The summed E-state index contributed by atoms with van der Waals surface area (Å²) < 4.78 is 98.9. The van der Waals surface area contributed by atoms with Gasteiger partial charge in [0.15, 0.2) is 47.5 Å². The Kier molecular flexibility index (Phi) is 18.1. The number of nitriles is 1. The van der Waals surface area contributed by atoms with Crippen molar-refractivity contribution >= 4 is 84.6 Å². The highest BCUT2D eigenvalue weighted by molar-refractivity contribution is 8.07. The van der Waals surface area contributed by atoms with Crippen LogP contribution in [0.15, 0.2) is 60.8 Å². The van der Waals surface area contributed by atoms with Gasteiger partial charge in [0.05, 0.1) is 50.5 Å². The number of alkyl halides is 1. The highest BCUT2D eigenvalue weighted by Gasteiger charge is 2.60. The molecule has 10 atom stereocenters. The van der Waals surface area contributed by atoms with Crippen LogP contribution < -0.4 is 10.6 Å². The third-order valence-electron chi connectivity index (χ3n) is 12.8. The third-order valence-corrected chi connectivity index (χ3v) is 25.4. The quantitative estimate of drug-likeness (QED) is 0.0272. The van der Waals surface area contributed by atoms with Crippen LogP contribution in [0.25, 0.3) is 16.9 Å². The molecule has 1 aromatic carbocycles. The Hall–Kier alpha value is -4.18. The number of hydrogen-bond acceptors (Lipinski definition) is 19. The van der Waals surface area contributed by atoms with E-state index in [9.17, 15) is 29.4 Å². The fourth-order valence-corrected chi connectivity index (χ4v) is 21.5. The first-order chi connectivity index (χ1) is 34.6. The lowest BCUT2D eigenvalue weighted by molar-refractivity contribution is -0.0566. The molecule has 22 nitrogen and oxygen atoms in total. The van der Waals surface area contributed by atoms with Crippen molar-refractivity contribution < 1.29 is 69.0 Å².